The van der Waals surface area contributed by atoms with Crippen LogP contribution in [-0.4, -0.2) is 62.3 Å². The molecule has 0 bridgehead atoms. The second kappa shape index (κ2) is 9.20. The molecule has 0 saturated carbocycles. The van der Waals surface area contributed by atoms with Gasteiger partial charge in [-0.3, -0.25) is 9.69 Å². The van der Waals surface area contributed by atoms with Gasteiger partial charge in [0.1, 0.15) is 0 Å². The fourth-order valence-electron chi connectivity index (χ4n) is 3.76. The molecule has 3 rings (SSSR count). The summed E-state index contributed by atoms with van der Waals surface area (Å²) in [6, 6.07) is 11.3. The highest BCUT2D eigenvalue weighted by molar-refractivity contribution is 5.76. The second-order valence-electron chi connectivity index (χ2n) is 7.20. The predicted molar refractivity (Wildman–Crippen MR) is 101 cm³/mol. The zero-order chi connectivity index (χ0) is 17.5. The van der Waals surface area contributed by atoms with E-state index in [1.807, 2.05) is 6.07 Å². The molecule has 0 unspecified atom stereocenters. The van der Waals surface area contributed by atoms with Crippen molar-refractivity contribution in [1.29, 1.82) is 0 Å². The summed E-state index contributed by atoms with van der Waals surface area (Å²) in [5, 5.41) is 3.24. The molecule has 2 aliphatic heterocycles. The van der Waals surface area contributed by atoms with Crippen LogP contribution in [0.1, 0.15) is 32.6 Å². The van der Waals surface area contributed by atoms with Gasteiger partial charge in [0.05, 0.1) is 13.2 Å². The first-order chi connectivity index (χ1) is 12.2. The lowest BCUT2D eigenvalue weighted by Gasteiger charge is -2.34. The number of benzene rings is 1. The maximum atomic E-state index is 12.3. The topological polar surface area (TPSA) is 44.8 Å². The van der Waals surface area contributed by atoms with E-state index in [4.69, 9.17) is 4.74 Å². The SMILES string of the molecule is C[C@@H](CCC(=O)NC1CCN(c2ccccc2)CC1)N1CCOCC1. The maximum Gasteiger partial charge on any atom is 0.220 e. The number of amides is 1. The predicted octanol–water partition coefficient (Wildman–Crippen LogP) is 2.27. The number of nitrogens with one attached hydrogen (secondary N) is 1. The number of carbonyl (C=O) groups excluding carboxylic acids is 1. The van der Waals surface area contributed by atoms with Gasteiger partial charge in [0.25, 0.3) is 0 Å². The van der Waals surface area contributed by atoms with E-state index in [-0.39, 0.29) is 5.91 Å². The maximum absolute atomic E-state index is 12.3. The van der Waals surface area contributed by atoms with Gasteiger partial charge in [0.2, 0.25) is 5.91 Å². The lowest BCUT2D eigenvalue weighted by atomic mass is 10.0. The minimum absolute atomic E-state index is 0.207. The largest absolute Gasteiger partial charge is 0.379 e. The summed E-state index contributed by atoms with van der Waals surface area (Å²) in [6.45, 7) is 7.85. The Bertz CT molecular complexity index is 523. The summed E-state index contributed by atoms with van der Waals surface area (Å²) < 4.78 is 5.39. The van der Waals surface area contributed by atoms with Crippen LogP contribution in [-0.2, 0) is 9.53 Å². The number of rotatable bonds is 6. The lowest BCUT2D eigenvalue weighted by molar-refractivity contribution is -0.122. The van der Waals surface area contributed by atoms with E-state index in [1.54, 1.807) is 0 Å². The number of nitrogens with zero attached hydrogens (tertiary/aromatic N) is 2. The number of anilines is 1. The Morgan fingerprint density at radius 1 is 1.16 bits per heavy atom. The van der Waals surface area contributed by atoms with Gasteiger partial charge in [0.15, 0.2) is 0 Å². The molecule has 0 spiro atoms. The monoisotopic (exact) mass is 345 g/mol. The van der Waals surface area contributed by atoms with Crippen molar-refractivity contribution in [3.63, 3.8) is 0 Å². The van der Waals surface area contributed by atoms with Crippen LogP contribution in [0.3, 0.4) is 0 Å². The van der Waals surface area contributed by atoms with Crippen LogP contribution in [0.2, 0.25) is 0 Å². The number of morpholine rings is 1. The molecule has 0 aromatic heterocycles. The summed E-state index contributed by atoms with van der Waals surface area (Å²) in [7, 11) is 0. The van der Waals surface area contributed by atoms with Crippen LogP contribution < -0.4 is 10.2 Å². The summed E-state index contributed by atoms with van der Waals surface area (Å²) >= 11 is 0. The van der Waals surface area contributed by atoms with Gasteiger partial charge in [-0.25, -0.2) is 0 Å². The number of ether oxygens (including phenoxy) is 1. The van der Waals surface area contributed by atoms with Crippen molar-refractivity contribution in [2.45, 2.75) is 44.7 Å². The molecule has 5 nitrogen and oxygen atoms in total. The molecule has 2 saturated heterocycles. The second-order valence-corrected chi connectivity index (χ2v) is 7.20. The Balaban J connectivity index is 1.35. The Morgan fingerprint density at radius 3 is 2.52 bits per heavy atom. The molecule has 1 amide bonds. The smallest absolute Gasteiger partial charge is 0.220 e. The molecule has 1 atom stereocenters. The van der Waals surface area contributed by atoms with Crippen LogP contribution in [0, 0.1) is 0 Å². The van der Waals surface area contributed by atoms with Crippen molar-refractivity contribution in [3.8, 4) is 0 Å². The molecule has 1 N–H and O–H groups in total. The molecular weight excluding hydrogens is 314 g/mol. The van der Waals surface area contributed by atoms with Crippen molar-refractivity contribution < 1.29 is 9.53 Å². The molecule has 2 heterocycles. The molecule has 0 aliphatic carbocycles. The number of hydrogen-bond acceptors (Lipinski definition) is 4. The van der Waals surface area contributed by atoms with E-state index in [0.29, 0.717) is 18.5 Å². The number of hydrogen-bond donors (Lipinski definition) is 1. The normalized spacial score (nSPS) is 21.1. The summed E-state index contributed by atoms with van der Waals surface area (Å²) in [5.74, 6) is 0.207. The standard InChI is InChI=1S/C20H31N3O2/c1-17(22-13-15-25-16-14-22)7-8-20(24)21-18-9-11-23(12-10-18)19-5-3-2-4-6-19/h2-6,17-18H,7-16H2,1H3,(H,21,24)/t17-/m0/s1. The quantitative estimate of drug-likeness (QED) is 0.859. The lowest BCUT2D eigenvalue weighted by Crippen LogP contribution is -2.45. The highest BCUT2D eigenvalue weighted by Crippen LogP contribution is 2.19. The Kier molecular flexibility index (Phi) is 6.70. The molecule has 0 radical (unpaired) electrons. The van der Waals surface area contributed by atoms with Crippen LogP contribution >= 0.6 is 0 Å². The molecule has 1 aromatic rings. The molecule has 5 heteroatoms. The molecule has 1 aromatic carbocycles. The van der Waals surface area contributed by atoms with Crippen molar-refractivity contribution in [2.75, 3.05) is 44.3 Å². The van der Waals surface area contributed by atoms with Gasteiger partial charge in [-0.1, -0.05) is 18.2 Å². The summed E-state index contributed by atoms with van der Waals surface area (Å²) in [5.41, 5.74) is 1.28. The van der Waals surface area contributed by atoms with Gasteiger partial charge in [-0.2, -0.15) is 0 Å². The number of carbonyl (C=O) groups is 1. The molecule has 2 aliphatic rings. The van der Waals surface area contributed by atoms with Crippen LogP contribution in [0.25, 0.3) is 0 Å². The van der Waals surface area contributed by atoms with Gasteiger partial charge < -0.3 is 15.0 Å². The van der Waals surface area contributed by atoms with Crippen molar-refractivity contribution in [2.24, 2.45) is 0 Å². The zero-order valence-electron chi connectivity index (χ0n) is 15.3. The van der Waals surface area contributed by atoms with Gasteiger partial charge in [0, 0.05) is 50.4 Å². The van der Waals surface area contributed by atoms with Crippen molar-refractivity contribution in [3.05, 3.63) is 30.3 Å². The van der Waals surface area contributed by atoms with Crippen LogP contribution in [0.15, 0.2) is 30.3 Å². The molecule has 25 heavy (non-hydrogen) atoms. The highest BCUT2D eigenvalue weighted by atomic mass is 16.5. The third-order valence-corrected chi connectivity index (χ3v) is 5.44. The molecule has 2 fully saturated rings. The van der Waals surface area contributed by atoms with E-state index in [2.05, 4.69) is 46.3 Å². The minimum atomic E-state index is 0.207. The van der Waals surface area contributed by atoms with E-state index in [0.717, 1.165) is 58.7 Å². The van der Waals surface area contributed by atoms with Gasteiger partial charge in [-0.05, 0) is 38.3 Å². The Morgan fingerprint density at radius 2 is 1.84 bits per heavy atom. The summed E-state index contributed by atoms with van der Waals surface area (Å²) in [4.78, 5) is 17.1. The van der Waals surface area contributed by atoms with Crippen molar-refractivity contribution >= 4 is 11.6 Å². The third-order valence-electron chi connectivity index (χ3n) is 5.44. The first-order valence-corrected chi connectivity index (χ1v) is 9.63. The molecular formula is C20H31N3O2. The Labute approximate surface area is 151 Å². The van der Waals surface area contributed by atoms with E-state index >= 15 is 0 Å². The Hall–Kier alpha value is -1.59. The average molecular weight is 345 g/mol. The fourth-order valence-corrected chi connectivity index (χ4v) is 3.76. The first-order valence-electron chi connectivity index (χ1n) is 9.63. The number of piperidine rings is 1. The van der Waals surface area contributed by atoms with Gasteiger partial charge >= 0.3 is 0 Å². The minimum Gasteiger partial charge on any atom is -0.379 e. The highest BCUT2D eigenvalue weighted by Gasteiger charge is 2.22. The van der Waals surface area contributed by atoms with E-state index in [1.165, 1.54) is 5.69 Å². The van der Waals surface area contributed by atoms with E-state index < -0.39 is 0 Å². The fraction of sp³-hybridized carbons (Fsp3) is 0.650. The van der Waals surface area contributed by atoms with Crippen LogP contribution in [0.4, 0.5) is 5.69 Å². The third kappa shape index (κ3) is 5.44. The van der Waals surface area contributed by atoms with Crippen LogP contribution in [0.5, 0.6) is 0 Å². The van der Waals surface area contributed by atoms with Crippen molar-refractivity contribution in [1.82, 2.24) is 10.2 Å². The zero-order valence-corrected chi connectivity index (χ0v) is 15.3. The molecule has 138 valence electrons. The van der Waals surface area contributed by atoms with E-state index in [9.17, 15) is 4.79 Å². The average Bonchev–Trinajstić information content (AvgIpc) is 2.68. The summed E-state index contributed by atoms with van der Waals surface area (Å²) in [6.07, 6.45) is 3.60. The first kappa shape index (κ1) is 18.2. The number of para-hydroxylation sites is 1. The van der Waals surface area contributed by atoms with Gasteiger partial charge in [-0.15, -0.1) is 0 Å².